The second-order valence-electron chi connectivity index (χ2n) is 8.02. The number of benzene rings is 1. The molecule has 36 heavy (non-hydrogen) atoms. The molecule has 184 valence electrons. The minimum absolute atomic E-state index is 0.00746. The second-order valence-corrected chi connectivity index (χ2v) is 12.3. The number of Topliss-reactive ketones (excluding diaryl/α,β-unsaturated/α-hetero) is 1. The number of aromatic nitrogens is 3. The third kappa shape index (κ3) is 4.38. The highest BCUT2D eigenvalue weighted by Crippen LogP contribution is 2.46. The van der Waals surface area contributed by atoms with E-state index in [9.17, 15) is 19.1 Å². The molecule has 0 spiro atoms. The fourth-order valence-corrected chi connectivity index (χ4v) is 7.68. The van der Waals surface area contributed by atoms with E-state index in [0.29, 0.717) is 26.2 Å². The van der Waals surface area contributed by atoms with E-state index in [2.05, 4.69) is 15.2 Å². The second kappa shape index (κ2) is 9.85. The van der Waals surface area contributed by atoms with E-state index in [1.54, 1.807) is 32.0 Å². The summed E-state index contributed by atoms with van der Waals surface area (Å²) in [4.78, 5) is 33.8. The van der Waals surface area contributed by atoms with Crippen molar-refractivity contribution in [3.8, 4) is 0 Å². The monoisotopic (exact) mass is 558 g/mol. The van der Waals surface area contributed by atoms with Crippen LogP contribution in [0.1, 0.15) is 42.4 Å². The van der Waals surface area contributed by atoms with Crippen LogP contribution >= 0.6 is 45.8 Å². The smallest absolute Gasteiger partial charge is 0.296 e. The predicted octanol–water partition coefficient (Wildman–Crippen LogP) is 6.20. The molecule has 1 N–H and O–H groups in total. The van der Waals surface area contributed by atoms with Gasteiger partial charge in [0.05, 0.1) is 21.2 Å². The number of ketones is 1. The van der Waals surface area contributed by atoms with Gasteiger partial charge in [-0.05, 0) is 49.4 Å². The Labute approximate surface area is 222 Å². The number of carbonyl (C=O) groups is 2. The number of thioether (sulfide) groups is 1. The number of anilines is 1. The van der Waals surface area contributed by atoms with Crippen LogP contribution < -0.4 is 4.90 Å². The normalized spacial score (nSPS) is 15.8. The molecule has 1 atom stereocenters. The van der Waals surface area contributed by atoms with Crippen LogP contribution in [0.3, 0.4) is 0 Å². The maximum Gasteiger partial charge on any atom is 0.296 e. The summed E-state index contributed by atoms with van der Waals surface area (Å²) < 4.78 is 14.5. The summed E-state index contributed by atoms with van der Waals surface area (Å²) in [6.45, 7) is 5.43. The minimum Gasteiger partial charge on any atom is -0.503 e. The zero-order chi connectivity index (χ0) is 25.6. The lowest BCUT2D eigenvalue weighted by Gasteiger charge is -2.23. The van der Waals surface area contributed by atoms with Crippen LogP contribution in [-0.2, 0) is 10.5 Å². The molecule has 7 nitrogen and oxygen atoms in total. The van der Waals surface area contributed by atoms with E-state index in [-0.39, 0.29) is 16.5 Å². The molecule has 0 bridgehead atoms. The Bertz CT molecular complexity index is 1520. The van der Waals surface area contributed by atoms with Crippen LogP contribution in [-0.4, -0.2) is 32.0 Å². The summed E-state index contributed by atoms with van der Waals surface area (Å²) in [6.07, 6.45) is 0. The Hall–Kier alpha value is -2.93. The number of aryl methyl sites for hydroxylation is 3. The number of carbonyl (C=O) groups excluding carboxylic acids is 2. The molecule has 12 heteroatoms. The molecule has 1 aliphatic rings. The largest absolute Gasteiger partial charge is 0.503 e. The third-order valence-electron chi connectivity index (χ3n) is 5.62. The first-order valence-corrected chi connectivity index (χ1v) is 14.2. The van der Waals surface area contributed by atoms with Gasteiger partial charge in [0.2, 0.25) is 10.9 Å². The Kier molecular flexibility index (Phi) is 6.77. The van der Waals surface area contributed by atoms with Gasteiger partial charge in [-0.25, -0.2) is 9.37 Å². The van der Waals surface area contributed by atoms with Gasteiger partial charge in [0, 0.05) is 10.6 Å². The third-order valence-corrected chi connectivity index (χ3v) is 9.87. The zero-order valence-electron chi connectivity index (χ0n) is 19.3. The van der Waals surface area contributed by atoms with Gasteiger partial charge in [-0.1, -0.05) is 41.3 Å². The van der Waals surface area contributed by atoms with Gasteiger partial charge < -0.3 is 5.11 Å². The van der Waals surface area contributed by atoms with Crippen molar-refractivity contribution in [2.45, 2.75) is 36.9 Å². The summed E-state index contributed by atoms with van der Waals surface area (Å²) in [7, 11) is 0. The first-order chi connectivity index (χ1) is 17.3. The van der Waals surface area contributed by atoms with E-state index >= 15 is 0 Å². The molecule has 3 aromatic heterocycles. The van der Waals surface area contributed by atoms with E-state index in [0.717, 1.165) is 26.8 Å². The van der Waals surface area contributed by atoms with Gasteiger partial charge in [0.15, 0.2) is 10.1 Å². The highest BCUT2D eigenvalue weighted by molar-refractivity contribution is 8.00. The lowest BCUT2D eigenvalue weighted by Crippen LogP contribution is -2.30. The number of amides is 1. The molecule has 0 fully saturated rings. The molecule has 5 rings (SSSR count). The van der Waals surface area contributed by atoms with Crippen molar-refractivity contribution in [3.63, 3.8) is 0 Å². The fraction of sp³-hybridized carbons (Fsp3) is 0.208. The van der Waals surface area contributed by atoms with E-state index in [1.807, 2.05) is 18.4 Å². The first kappa shape index (κ1) is 24.8. The molecule has 1 aromatic carbocycles. The number of aliphatic hydroxyl groups excluding tert-OH is 1. The molecule has 4 heterocycles. The van der Waals surface area contributed by atoms with Crippen LogP contribution in [0.5, 0.6) is 0 Å². The van der Waals surface area contributed by atoms with Crippen LogP contribution in [0.25, 0.3) is 0 Å². The maximum atomic E-state index is 14.0. The highest BCUT2D eigenvalue weighted by atomic mass is 32.2. The summed E-state index contributed by atoms with van der Waals surface area (Å²) in [5.74, 6) is -1.69. The van der Waals surface area contributed by atoms with Gasteiger partial charge in [0.1, 0.15) is 11.9 Å². The number of thiazole rings is 1. The molecule has 1 amide bonds. The van der Waals surface area contributed by atoms with E-state index < -0.39 is 23.5 Å². The van der Waals surface area contributed by atoms with Crippen LogP contribution in [0, 0.1) is 26.6 Å². The zero-order valence-corrected chi connectivity index (χ0v) is 22.6. The fourth-order valence-electron chi connectivity index (χ4n) is 3.92. The SMILES string of the molecule is Cc1nc(C)c(C(=O)C2=C(O)C(=O)N(c3nnc(SCc4ccccc4F)s3)C2c2sccc2C)s1. The van der Waals surface area contributed by atoms with E-state index in [4.69, 9.17) is 0 Å². The quantitative estimate of drug-likeness (QED) is 0.164. The minimum atomic E-state index is -0.843. The Morgan fingerprint density at radius 2 is 1.94 bits per heavy atom. The van der Waals surface area contributed by atoms with Crippen molar-refractivity contribution in [1.82, 2.24) is 15.2 Å². The van der Waals surface area contributed by atoms with Crippen LogP contribution in [0.2, 0.25) is 0 Å². The number of aliphatic hydroxyl groups is 1. The maximum absolute atomic E-state index is 14.0. The molecule has 4 aromatic rings. The molecule has 0 radical (unpaired) electrons. The van der Waals surface area contributed by atoms with Gasteiger partial charge in [0.25, 0.3) is 5.91 Å². The van der Waals surface area contributed by atoms with Gasteiger partial charge >= 0.3 is 0 Å². The van der Waals surface area contributed by atoms with Crippen molar-refractivity contribution in [2.24, 2.45) is 0 Å². The van der Waals surface area contributed by atoms with Crippen molar-refractivity contribution in [1.29, 1.82) is 0 Å². The van der Waals surface area contributed by atoms with Crippen LogP contribution in [0.4, 0.5) is 9.52 Å². The topological polar surface area (TPSA) is 96.3 Å². The summed E-state index contributed by atoms with van der Waals surface area (Å²) in [5, 5.41) is 22.2. The Morgan fingerprint density at radius 3 is 2.61 bits per heavy atom. The highest BCUT2D eigenvalue weighted by Gasteiger charge is 2.47. The number of hydrogen-bond acceptors (Lipinski definition) is 10. The van der Waals surface area contributed by atoms with Crippen LogP contribution in [0.15, 0.2) is 51.4 Å². The molecular weight excluding hydrogens is 540 g/mol. The lowest BCUT2D eigenvalue weighted by molar-refractivity contribution is -0.117. The van der Waals surface area contributed by atoms with Crippen molar-refractivity contribution in [2.75, 3.05) is 4.90 Å². The molecule has 0 saturated carbocycles. The van der Waals surface area contributed by atoms with Crippen molar-refractivity contribution < 1.29 is 19.1 Å². The first-order valence-electron chi connectivity index (χ1n) is 10.8. The summed E-state index contributed by atoms with van der Waals surface area (Å²) >= 11 is 5.08. The van der Waals surface area contributed by atoms with E-state index in [1.165, 1.54) is 45.4 Å². The van der Waals surface area contributed by atoms with Gasteiger partial charge in [-0.3, -0.25) is 14.5 Å². The number of halogens is 1. The molecular formula is C24H19FN4O3S4. The summed E-state index contributed by atoms with van der Waals surface area (Å²) in [6, 6.07) is 7.55. The van der Waals surface area contributed by atoms with Crippen molar-refractivity contribution >= 4 is 62.6 Å². The predicted molar refractivity (Wildman–Crippen MR) is 141 cm³/mol. The number of thiophene rings is 1. The lowest BCUT2D eigenvalue weighted by atomic mass is 9.99. The number of nitrogens with zero attached hydrogens (tertiary/aromatic N) is 4. The number of rotatable bonds is 7. The average molecular weight is 559 g/mol. The average Bonchev–Trinajstić information content (AvgIpc) is 3.61. The van der Waals surface area contributed by atoms with Gasteiger partial charge in [-0.2, -0.15) is 0 Å². The van der Waals surface area contributed by atoms with Gasteiger partial charge in [-0.15, -0.1) is 32.9 Å². The Balaban J connectivity index is 1.51. The summed E-state index contributed by atoms with van der Waals surface area (Å²) in [5.41, 5.74) is 1.98. The number of hydrogen-bond donors (Lipinski definition) is 1. The van der Waals surface area contributed by atoms with Crippen molar-refractivity contribution in [3.05, 3.63) is 84.4 Å². The standard InChI is InChI=1S/C24H19FN4O3S4/c1-11-8-9-33-20(11)17-16(18(30)21-12(2)26-13(3)35-21)19(31)22(32)29(17)23-27-28-24(36-23)34-10-14-6-4-5-7-15(14)25/h4-9,17,31H,10H2,1-3H3. The molecule has 1 unspecified atom stereocenters. The molecule has 1 aliphatic heterocycles. The Morgan fingerprint density at radius 1 is 1.17 bits per heavy atom. The molecule has 0 aliphatic carbocycles. The molecule has 0 saturated heterocycles.